The molecule has 1 N–H and O–H groups in total. The van der Waals surface area contributed by atoms with Gasteiger partial charge in [0, 0.05) is 33.3 Å². The molecule has 0 atom stereocenters. The second-order valence-electron chi connectivity index (χ2n) is 6.61. The van der Waals surface area contributed by atoms with Crippen molar-refractivity contribution in [2.75, 3.05) is 46.4 Å². The maximum atomic E-state index is 5.28. The van der Waals surface area contributed by atoms with E-state index in [2.05, 4.69) is 31.0 Å². The van der Waals surface area contributed by atoms with Crippen molar-refractivity contribution in [3.63, 3.8) is 0 Å². The molecule has 0 bridgehead atoms. The van der Waals surface area contributed by atoms with Crippen LogP contribution >= 0.6 is 0 Å². The zero-order valence-electron chi connectivity index (χ0n) is 13.5. The van der Waals surface area contributed by atoms with E-state index in [1.54, 1.807) is 7.11 Å². The first-order chi connectivity index (χ1) is 9.12. The highest BCUT2D eigenvalue weighted by atomic mass is 16.5. The van der Waals surface area contributed by atoms with E-state index in [-0.39, 0.29) is 0 Å². The summed E-state index contributed by atoms with van der Waals surface area (Å²) >= 11 is 0. The van der Waals surface area contributed by atoms with Crippen LogP contribution in [0.3, 0.4) is 0 Å². The van der Waals surface area contributed by atoms with Crippen molar-refractivity contribution in [3.8, 4) is 0 Å². The Morgan fingerprint density at radius 1 is 1.26 bits per heavy atom. The van der Waals surface area contributed by atoms with Crippen LogP contribution in [0, 0.1) is 11.3 Å². The Morgan fingerprint density at radius 3 is 2.47 bits per heavy atom. The number of hydrogen-bond donors (Lipinski definition) is 1. The smallest absolute Gasteiger partial charge is 0.0589 e. The highest BCUT2D eigenvalue weighted by Gasteiger charge is 2.35. The van der Waals surface area contributed by atoms with Crippen molar-refractivity contribution in [1.29, 1.82) is 0 Å². The highest BCUT2D eigenvalue weighted by Crippen LogP contribution is 2.38. The van der Waals surface area contributed by atoms with Crippen LogP contribution in [0.25, 0.3) is 0 Å². The second kappa shape index (κ2) is 8.93. The number of ether oxygens (including phenoxy) is 1. The number of nitrogens with one attached hydrogen (secondary N) is 1. The molecule has 1 aliphatic rings. The average molecular weight is 270 g/mol. The maximum Gasteiger partial charge on any atom is 0.0589 e. The maximum absolute atomic E-state index is 5.28. The molecule has 1 aliphatic carbocycles. The topological polar surface area (TPSA) is 24.5 Å². The minimum absolute atomic E-state index is 0.513. The standard InChI is InChI=1S/C16H34N2O/c1-5-17-13-16(8-6-7-9-16)14-18(10-11-19-4)12-15(2)3/h15,17H,5-14H2,1-4H3. The number of hydrogen-bond acceptors (Lipinski definition) is 3. The van der Waals surface area contributed by atoms with Crippen LogP contribution in [-0.4, -0.2) is 51.3 Å². The molecule has 3 nitrogen and oxygen atoms in total. The van der Waals surface area contributed by atoms with E-state index in [0.717, 1.165) is 25.6 Å². The quantitative estimate of drug-likeness (QED) is 0.660. The lowest BCUT2D eigenvalue weighted by Gasteiger charge is -2.36. The molecule has 0 heterocycles. The summed E-state index contributed by atoms with van der Waals surface area (Å²) in [5.41, 5.74) is 0.513. The first-order valence-corrected chi connectivity index (χ1v) is 8.04. The average Bonchev–Trinajstić information content (AvgIpc) is 2.82. The molecule has 0 aliphatic heterocycles. The fraction of sp³-hybridized carbons (Fsp3) is 1.00. The summed E-state index contributed by atoms with van der Waals surface area (Å²) < 4.78 is 5.28. The summed E-state index contributed by atoms with van der Waals surface area (Å²) in [6, 6.07) is 0. The Kier molecular flexibility index (Phi) is 7.96. The molecular weight excluding hydrogens is 236 g/mol. The summed E-state index contributed by atoms with van der Waals surface area (Å²) in [6.45, 7) is 13.5. The predicted octanol–water partition coefficient (Wildman–Crippen LogP) is 2.76. The van der Waals surface area contributed by atoms with Crippen molar-refractivity contribution in [1.82, 2.24) is 10.2 Å². The Labute approximate surface area is 120 Å². The third-order valence-electron chi connectivity index (χ3n) is 4.21. The molecule has 0 amide bonds. The molecule has 1 fully saturated rings. The third kappa shape index (κ3) is 6.24. The zero-order chi connectivity index (χ0) is 14.1. The Balaban J connectivity index is 2.55. The van der Waals surface area contributed by atoms with Crippen molar-refractivity contribution in [2.45, 2.75) is 46.5 Å². The van der Waals surface area contributed by atoms with Crippen molar-refractivity contribution < 1.29 is 4.74 Å². The van der Waals surface area contributed by atoms with Crippen LogP contribution < -0.4 is 5.32 Å². The number of rotatable bonds is 10. The summed E-state index contributed by atoms with van der Waals surface area (Å²) in [5.74, 6) is 0.731. The number of nitrogens with zero attached hydrogens (tertiary/aromatic N) is 1. The van der Waals surface area contributed by atoms with E-state index in [0.29, 0.717) is 5.41 Å². The molecule has 0 aromatic rings. The normalized spacial score (nSPS) is 18.6. The molecule has 0 aromatic heterocycles. The molecule has 0 radical (unpaired) electrons. The lowest BCUT2D eigenvalue weighted by Crippen LogP contribution is -2.44. The molecule has 0 unspecified atom stereocenters. The molecule has 0 spiro atoms. The fourth-order valence-electron chi connectivity index (χ4n) is 3.35. The zero-order valence-corrected chi connectivity index (χ0v) is 13.5. The molecular formula is C16H34N2O. The van der Waals surface area contributed by atoms with Crippen molar-refractivity contribution in [2.24, 2.45) is 11.3 Å². The second-order valence-corrected chi connectivity index (χ2v) is 6.61. The van der Waals surface area contributed by atoms with Crippen LogP contribution in [0.4, 0.5) is 0 Å². The SMILES string of the molecule is CCNCC1(CN(CCOC)CC(C)C)CCCC1. The van der Waals surface area contributed by atoms with E-state index in [1.807, 2.05) is 0 Å². The van der Waals surface area contributed by atoms with Crippen LogP contribution in [0.2, 0.25) is 0 Å². The molecule has 0 saturated heterocycles. The summed E-state index contributed by atoms with van der Waals surface area (Å²) in [7, 11) is 1.80. The van der Waals surface area contributed by atoms with Crippen LogP contribution in [-0.2, 0) is 4.74 Å². The monoisotopic (exact) mass is 270 g/mol. The van der Waals surface area contributed by atoms with Gasteiger partial charge in [-0.05, 0) is 30.7 Å². The van der Waals surface area contributed by atoms with E-state index >= 15 is 0 Å². The number of methoxy groups -OCH3 is 1. The molecule has 114 valence electrons. The van der Waals surface area contributed by atoms with E-state index in [4.69, 9.17) is 4.74 Å². The third-order valence-corrected chi connectivity index (χ3v) is 4.21. The summed E-state index contributed by atoms with van der Waals surface area (Å²) in [4.78, 5) is 2.62. The summed E-state index contributed by atoms with van der Waals surface area (Å²) in [6.07, 6.45) is 5.60. The van der Waals surface area contributed by atoms with E-state index in [9.17, 15) is 0 Å². The molecule has 19 heavy (non-hydrogen) atoms. The van der Waals surface area contributed by atoms with Gasteiger partial charge < -0.3 is 15.0 Å². The van der Waals surface area contributed by atoms with Crippen molar-refractivity contribution in [3.05, 3.63) is 0 Å². The van der Waals surface area contributed by atoms with Gasteiger partial charge in [-0.15, -0.1) is 0 Å². The van der Waals surface area contributed by atoms with Crippen LogP contribution in [0.5, 0.6) is 0 Å². The lowest BCUT2D eigenvalue weighted by atomic mass is 9.85. The van der Waals surface area contributed by atoms with E-state index in [1.165, 1.54) is 45.3 Å². The van der Waals surface area contributed by atoms with Crippen LogP contribution in [0.1, 0.15) is 46.5 Å². The largest absolute Gasteiger partial charge is 0.383 e. The Bertz CT molecular complexity index is 225. The van der Waals surface area contributed by atoms with Crippen molar-refractivity contribution >= 4 is 0 Å². The Hall–Kier alpha value is -0.120. The lowest BCUT2D eigenvalue weighted by molar-refractivity contribution is 0.0972. The van der Waals surface area contributed by atoms with Gasteiger partial charge in [-0.3, -0.25) is 0 Å². The highest BCUT2D eigenvalue weighted by molar-refractivity contribution is 4.89. The Morgan fingerprint density at radius 2 is 1.95 bits per heavy atom. The molecule has 3 heteroatoms. The van der Waals surface area contributed by atoms with Gasteiger partial charge >= 0.3 is 0 Å². The van der Waals surface area contributed by atoms with Gasteiger partial charge in [0.25, 0.3) is 0 Å². The van der Waals surface area contributed by atoms with Gasteiger partial charge in [0.1, 0.15) is 0 Å². The van der Waals surface area contributed by atoms with Gasteiger partial charge in [0.2, 0.25) is 0 Å². The minimum atomic E-state index is 0.513. The van der Waals surface area contributed by atoms with Gasteiger partial charge in [-0.1, -0.05) is 33.6 Å². The molecule has 1 saturated carbocycles. The van der Waals surface area contributed by atoms with Gasteiger partial charge in [0.15, 0.2) is 0 Å². The van der Waals surface area contributed by atoms with Gasteiger partial charge in [-0.2, -0.15) is 0 Å². The van der Waals surface area contributed by atoms with Gasteiger partial charge in [-0.25, -0.2) is 0 Å². The molecule has 1 rings (SSSR count). The molecule has 0 aromatic carbocycles. The summed E-state index contributed by atoms with van der Waals surface area (Å²) in [5, 5.41) is 3.59. The first kappa shape index (κ1) is 16.9. The fourth-order valence-corrected chi connectivity index (χ4v) is 3.35. The van der Waals surface area contributed by atoms with E-state index < -0.39 is 0 Å². The van der Waals surface area contributed by atoms with Crippen LogP contribution in [0.15, 0.2) is 0 Å². The predicted molar refractivity (Wildman–Crippen MR) is 82.6 cm³/mol. The van der Waals surface area contributed by atoms with Gasteiger partial charge in [0.05, 0.1) is 6.61 Å². The first-order valence-electron chi connectivity index (χ1n) is 8.04. The minimum Gasteiger partial charge on any atom is -0.383 e.